The van der Waals surface area contributed by atoms with E-state index in [9.17, 15) is 24.0 Å². The van der Waals surface area contributed by atoms with Gasteiger partial charge in [0.1, 0.15) is 24.7 Å². The summed E-state index contributed by atoms with van der Waals surface area (Å²) in [6.07, 6.45) is 0.0981. The molecule has 0 radical (unpaired) electrons. The molecule has 2 aliphatic rings. The van der Waals surface area contributed by atoms with E-state index in [4.69, 9.17) is 4.74 Å². The van der Waals surface area contributed by atoms with Crippen molar-refractivity contribution in [1.82, 2.24) is 20.4 Å². The first-order valence-electron chi connectivity index (χ1n) is 15.6. The fraction of sp³-hybridized carbons (Fsp3) is 0.500. The van der Waals surface area contributed by atoms with E-state index in [1.54, 1.807) is 12.1 Å². The fourth-order valence-electron chi connectivity index (χ4n) is 5.99. The lowest BCUT2D eigenvalue weighted by atomic mass is 10.0. The van der Waals surface area contributed by atoms with Crippen molar-refractivity contribution in [3.05, 3.63) is 65.7 Å². The summed E-state index contributed by atoms with van der Waals surface area (Å²) in [4.78, 5) is 71.7. The van der Waals surface area contributed by atoms with Gasteiger partial charge in [-0.2, -0.15) is 0 Å². The highest BCUT2D eigenvalue weighted by molar-refractivity contribution is 6.01. The van der Waals surface area contributed by atoms with Crippen molar-refractivity contribution in [2.75, 3.05) is 32.1 Å². The first-order chi connectivity index (χ1) is 21.4. The van der Waals surface area contributed by atoms with E-state index in [1.807, 2.05) is 89.2 Å². The van der Waals surface area contributed by atoms with E-state index in [0.717, 1.165) is 11.3 Å². The monoisotopic (exact) mass is 619 g/mol. The number of hydrogen-bond donors (Lipinski definition) is 2. The van der Waals surface area contributed by atoms with Gasteiger partial charge in [-0.05, 0) is 54.5 Å². The van der Waals surface area contributed by atoms with Crippen LogP contribution in [0.3, 0.4) is 0 Å². The van der Waals surface area contributed by atoms with Gasteiger partial charge in [0.15, 0.2) is 5.78 Å². The number of hydrogen-bond acceptors (Lipinski definition) is 7. The first kappa shape index (κ1) is 33.5. The van der Waals surface area contributed by atoms with Crippen molar-refractivity contribution < 1.29 is 28.7 Å². The van der Waals surface area contributed by atoms with E-state index >= 15 is 0 Å². The lowest BCUT2D eigenvalue weighted by Gasteiger charge is -2.30. The highest BCUT2D eigenvalue weighted by Gasteiger charge is 2.53. The third-order valence-electron chi connectivity index (χ3n) is 8.36. The van der Waals surface area contributed by atoms with Gasteiger partial charge < -0.3 is 30.1 Å². The summed E-state index contributed by atoms with van der Waals surface area (Å²) in [5.74, 6) is -1.49. The Hall–Kier alpha value is -4.41. The maximum atomic E-state index is 13.9. The summed E-state index contributed by atoms with van der Waals surface area (Å²) in [6.45, 7) is 7.75. The molecule has 0 aromatic heterocycles. The van der Waals surface area contributed by atoms with Crippen LogP contribution in [0.5, 0.6) is 0 Å². The van der Waals surface area contributed by atoms with E-state index in [1.165, 1.54) is 9.80 Å². The van der Waals surface area contributed by atoms with Gasteiger partial charge in [-0.3, -0.25) is 19.2 Å². The van der Waals surface area contributed by atoms with Gasteiger partial charge in [0, 0.05) is 31.9 Å². The smallest absolute Gasteiger partial charge is 0.408 e. The Bertz CT molecular complexity index is 1380. The predicted octanol–water partition coefficient (Wildman–Crippen LogP) is 3.23. The van der Waals surface area contributed by atoms with E-state index in [0.29, 0.717) is 18.4 Å². The highest BCUT2D eigenvalue weighted by atomic mass is 16.5. The Balaban J connectivity index is 1.43. The van der Waals surface area contributed by atoms with Gasteiger partial charge in [0.25, 0.3) is 5.91 Å². The molecule has 11 nitrogen and oxygen atoms in total. The van der Waals surface area contributed by atoms with Crippen LogP contribution in [0, 0.1) is 11.8 Å². The maximum absolute atomic E-state index is 13.9. The summed E-state index contributed by atoms with van der Waals surface area (Å²) < 4.78 is 5.34. The lowest BCUT2D eigenvalue weighted by molar-refractivity contribution is -0.138. The molecule has 2 fully saturated rings. The second-order valence-corrected chi connectivity index (χ2v) is 12.8. The summed E-state index contributed by atoms with van der Waals surface area (Å²) in [5, 5.41) is 5.58. The third-order valence-corrected chi connectivity index (χ3v) is 8.36. The Morgan fingerprint density at radius 1 is 0.911 bits per heavy atom. The normalized spacial score (nSPS) is 18.9. The molecule has 2 heterocycles. The van der Waals surface area contributed by atoms with Gasteiger partial charge in [0.05, 0.1) is 12.6 Å². The average molecular weight is 620 g/mol. The highest BCUT2D eigenvalue weighted by Crippen LogP contribution is 2.32. The Kier molecular flexibility index (Phi) is 10.8. The quantitative estimate of drug-likeness (QED) is 0.395. The number of anilines is 1. The van der Waals surface area contributed by atoms with Crippen molar-refractivity contribution in [2.45, 2.75) is 71.3 Å². The largest absolute Gasteiger partial charge is 0.445 e. The lowest BCUT2D eigenvalue weighted by Crippen LogP contribution is -2.54. The van der Waals surface area contributed by atoms with Gasteiger partial charge in [0.2, 0.25) is 11.8 Å². The number of nitrogens with zero attached hydrogens (tertiary/aromatic N) is 3. The number of carbonyl (C=O) groups excluding carboxylic acids is 5. The molecule has 2 saturated heterocycles. The minimum absolute atomic E-state index is 0.0606. The third kappa shape index (κ3) is 8.01. The molecule has 2 aromatic carbocycles. The Morgan fingerprint density at radius 2 is 1.58 bits per heavy atom. The van der Waals surface area contributed by atoms with Crippen LogP contribution in [0.25, 0.3) is 0 Å². The molecule has 2 N–H and O–H groups in total. The van der Waals surface area contributed by atoms with Crippen LogP contribution in [0.2, 0.25) is 0 Å². The molecule has 0 spiro atoms. The zero-order valence-corrected chi connectivity index (χ0v) is 27.0. The summed E-state index contributed by atoms with van der Waals surface area (Å²) in [7, 11) is 3.82. The molecule has 1 unspecified atom stereocenters. The number of rotatable bonds is 11. The average Bonchev–Trinajstić information content (AvgIpc) is 3.59. The second-order valence-electron chi connectivity index (χ2n) is 12.8. The van der Waals surface area contributed by atoms with Gasteiger partial charge in [-0.25, -0.2) is 4.79 Å². The molecule has 0 bridgehead atoms. The van der Waals surface area contributed by atoms with Crippen molar-refractivity contribution in [1.29, 1.82) is 0 Å². The number of Topliss-reactive ketones (excluding diaryl/α,β-unsaturated/α-hetero) is 1. The molecule has 11 heteroatoms. The van der Waals surface area contributed by atoms with Crippen molar-refractivity contribution in [2.24, 2.45) is 11.8 Å². The fourth-order valence-corrected chi connectivity index (χ4v) is 5.99. The van der Waals surface area contributed by atoms with E-state index in [-0.39, 0.29) is 55.0 Å². The zero-order valence-electron chi connectivity index (χ0n) is 27.0. The molecular formula is C34H45N5O6. The van der Waals surface area contributed by atoms with Crippen molar-refractivity contribution in [3.8, 4) is 0 Å². The summed E-state index contributed by atoms with van der Waals surface area (Å²) >= 11 is 0. The van der Waals surface area contributed by atoms with E-state index in [2.05, 4.69) is 10.6 Å². The molecule has 0 saturated carbocycles. The van der Waals surface area contributed by atoms with Gasteiger partial charge >= 0.3 is 6.09 Å². The molecule has 45 heavy (non-hydrogen) atoms. The number of amides is 4. The molecule has 4 amide bonds. The molecule has 0 aliphatic carbocycles. The number of carbonyl (C=O) groups is 5. The van der Waals surface area contributed by atoms with Crippen LogP contribution in [-0.4, -0.2) is 90.8 Å². The van der Waals surface area contributed by atoms with Crippen LogP contribution >= 0.6 is 0 Å². The number of ether oxygens (including phenoxy) is 1. The zero-order chi connectivity index (χ0) is 32.8. The second kappa shape index (κ2) is 14.6. The van der Waals surface area contributed by atoms with Gasteiger partial charge in [-0.1, -0.05) is 58.0 Å². The molecule has 2 aliphatic heterocycles. The van der Waals surface area contributed by atoms with E-state index < -0.39 is 30.3 Å². The van der Waals surface area contributed by atoms with Crippen molar-refractivity contribution in [3.63, 3.8) is 0 Å². The van der Waals surface area contributed by atoms with Crippen LogP contribution in [0.1, 0.15) is 56.5 Å². The summed E-state index contributed by atoms with van der Waals surface area (Å²) in [5.41, 5.74) is 2.20. The molecule has 242 valence electrons. The van der Waals surface area contributed by atoms with Crippen LogP contribution in [-0.2, 0) is 25.7 Å². The number of nitrogens with one attached hydrogen (secondary N) is 2. The van der Waals surface area contributed by atoms with Gasteiger partial charge in [-0.15, -0.1) is 0 Å². The minimum Gasteiger partial charge on any atom is -0.445 e. The number of likely N-dealkylation sites (tertiary alicyclic amines) is 2. The number of alkyl carbamates (subject to hydrolysis) is 1. The van der Waals surface area contributed by atoms with Crippen LogP contribution in [0.4, 0.5) is 10.5 Å². The maximum Gasteiger partial charge on any atom is 0.408 e. The first-order valence-corrected chi connectivity index (χ1v) is 15.6. The summed E-state index contributed by atoms with van der Waals surface area (Å²) in [6, 6.07) is 13.3. The standard InChI is InChI=1S/C34H45N5O6/c1-21(2)18-26(35-31(41)24-12-14-25(15-13-24)37(5)6)32(42)38-17-16-27-30(38)28(40)19-39(27)33(43)29(22(3)4)36-34(44)45-20-23-10-8-7-9-11-23/h7-15,21-22,26-27,29-30H,16-20H2,1-6H3,(H,35,41)(H,36,44)/t26-,27+,29?,30-/m0/s1. The molecule has 2 aromatic rings. The Morgan fingerprint density at radius 3 is 2.18 bits per heavy atom. The van der Waals surface area contributed by atoms with Crippen LogP contribution in [0.15, 0.2) is 54.6 Å². The van der Waals surface area contributed by atoms with Crippen molar-refractivity contribution >= 4 is 35.3 Å². The molecular weight excluding hydrogens is 574 g/mol. The number of ketones is 1. The SMILES string of the molecule is CC(C)C[C@H](NC(=O)c1ccc(N(C)C)cc1)C(=O)N1CC[C@@H]2[C@H]1C(=O)CN2C(=O)C(NC(=O)OCc1ccccc1)C(C)C. The topological polar surface area (TPSA) is 128 Å². The number of fused-ring (bicyclic) bond motifs is 1. The van der Waals surface area contributed by atoms with Crippen LogP contribution < -0.4 is 15.5 Å². The Labute approximate surface area is 265 Å². The predicted molar refractivity (Wildman–Crippen MR) is 170 cm³/mol. The molecule has 4 rings (SSSR count). The molecule has 4 atom stereocenters. The number of benzene rings is 2. The minimum atomic E-state index is -0.906.